The second-order valence-corrected chi connectivity index (χ2v) is 8.69. The highest BCUT2D eigenvalue weighted by molar-refractivity contribution is 6.01. The molecular formula is C24H25N5O. The second kappa shape index (κ2) is 6.71. The maximum atomic E-state index is 13.3. The number of benzene rings is 2. The summed E-state index contributed by atoms with van der Waals surface area (Å²) < 4.78 is 0. The predicted molar refractivity (Wildman–Crippen MR) is 121 cm³/mol. The van der Waals surface area contributed by atoms with Crippen LogP contribution < -0.4 is 10.9 Å². The molecule has 4 aromatic rings. The van der Waals surface area contributed by atoms with Gasteiger partial charge in [0.05, 0.1) is 22.2 Å². The topological polar surface area (TPSA) is 76.8 Å². The Morgan fingerprint density at radius 1 is 1.03 bits per heavy atom. The quantitative estimate of drug-likeness (QED) is 0.489. The van der Waals surface area contributed by atoms with Gasteiger partial charge in [0.1, 0.15) is 11.4 Å². The third-order valence-corrected chi connectivity index (χ3v) is 6.86. The van der Waals surface area contributed by atoms with Crippen LogP contribution in [0.1, 0.15) is 18.4 Å². The molecule has 0 unspecified atom stereocenters. The number of aryl methyl sites for hydroxylation is 1. The summed E-state index contributed by atoms with van der Waals surface area (Å²) in [6.45, 7) is 5.51. The summed E-state index contributed by atoms with van der Waals surface area (Å²) in [5.41, 5.74) is 5.20. The van der Waals surface area contributed by atoms with Gasteiger partial charge < -0.3 is 20.2 Å². The Balaban J connectivity index is 1.58. The van der Waals surface area contributed by atoms with E-state index in [4.69, 9.17) is 4.98 Å². The fourth-order valence-electron chi connectivity index (χ4n) is 5.28. The zero-order chi connectivity index (χ0) is 20.2. The molecule has 152 valence electrons. The fraction of sp³-hybridized carbons (Fsp3) is 0.333. The largest absolute Gasteiger partial charge is 0.379 e. The lowest BCUT2D eigenvalue weighted by atomic mass is 9.83. The van der Waals surface area contributed by atoms with Crippen molar-refractivity contribution in [3.8, 4) is 11.4 Å². The average molecular weight is 399 g/mol. The van der Waals surface area contributed by atoms with E-state index in [2.05, 4.69) is 33.2 Å². The summed E-state index contributed by atoms with van der Waals surface area (Å²) in [5, 5.41) is 4.90. The molecule has 1 atom stereocenters. The average Bonchev–Trinajstić information content (AvgIpc) is 3.18. The zero-order valence-electron chi connectivity index (χ0n) is 17.0. The van der Waals surface area contributed by atoms with Gasteiger partial charge in [-0.25, -0.2) is 4.98 Å². The summed E-state index contributed by atoms with van der Waals surface area (Å²) in [6, 6.07) is 14.3. The minimum Gasteiger partial charge on any atom is -0.379 e. The number of para-hydroxylation sites is 2. The molecule has 30 heavy (non-hydrogen) atoms. The molecule has 6 nitrogen and oxygen atoms in total. The Bertz CT molecular complexity index is 1280. The molecule has 0 saturated carbocycles. The first-order valence-corrected chi connectivity index (χ1v) is 10.8. The van der Waals surface area contributed by atoms with Crippen molar-refractivity contribution >= 4 is 27.6 Å². The molecule has 2 bridgehead atoms. The highest BCUT2D eigenvalue weighted by Gasteiger charge is 2.35. The number of anilines is 1. The van der Waals surface area contributed by atoms with Crippen LogP contribution in [0.25, 0.3) is 33.3 Å². The number of aromatic amines is 2. The van der Waals surface area contributed by atoms with E-state index in [9.17, 15) is 4.79 Å². The summed E-state index contributed by atoms with van der Waals surface area (Å²) in [7, 11) is 0. The van der Waals surface area contributed by atoms with Gasteiger partial charge in [-0.05, 0) is 62.5 Å². The Kier molecular flexibility index (Phi) is 3.96. The second-order valence-electron chi connectivity index (χ2n) is 8.69. The van der Waals surface area contributed by atoms with Crippen molar-refractivity contribution in [2.24, 2.45) is 5.92 Å². The van der Waals surface area contributed by atoms with E-state index in [1.54, 1.807) is 0 Å². The Morgan fingerprint density at radius 3 is 2.60 bits per heavy atom. The van der Waals surface area contributed by atoms with Crippen LogP contribution >= 0.6 is 0 Å². The molecule has 3 fully saturated rings. The van der Waals surface area contributed by atoms with Crippen molar-refractivity contribution < 1.29 is 0 Å². The van der Waals surface area contributed by atoms with Crippen LogP contribution in [-0.4, -0.2) is 45.5 Å². The van der Waals surface area contributed by atoms with Crippen LogP contribution in [0.15, 0.2) is 47.3 Å². The van der Waals surface area contributed by atoms with Crippen LogP contribution in [0.4, 0.5) is 5.69 Å². The van der Waals surface area contributed by atoms with Crippen LogP contribution in [0.2, 0.25) is 0 Å². The Hall–Kier alpha value is -3.12. The molecule has 2 aromatic carbocycles. The van der Waals surface area contributed by atoms with E-state index in [0.29, 0.717) is 23.3 Å². The molecule has 7 rings (SSSR count). The van der Waals surface area contributed by atoms with E-state index in [1.807, 2.05) is 36.4 Å². The lowest BCUT2D eigenvalue weighted by Crippen LogP contribution is -2.53. The predicted octanol–water partition coefficient (Wildman–Crippen LogP) is 3.89. The molecule has 0 spiro atoms. The SMILES string of the molecule is Cc1cccc2[nH]c(=O)c(-c3nc4ccccc4[nH]3)c(N[C@@H]3CN4CCC3CC4)c12. The molecular weight excluding hydrogens is 374 g/mol. The number of hydrogen-bond donors (Lipinski definition) is 3. The molecule has 0 aliphatic carbocycles. The van der Waals surface area contributed by atoms with Gasteiger partial charge in [-0.2, -0.15) is 0 Å². The summed E-state index contributed by atoms with van der Waals surface area (Å²) in [5.74, 6) is 1.27. The van der Waals surface area contributed by atoms with Gasteiger partial charge in [0.2, 0.25) is 0 Å². The van der Waals surface area contributed by atoms with Gasteiger partial charge in [-0.1, -0.05) is 24.3 Å². The van der Waals surface area contributed by atoms with Gasteiger partial charge in [0.15, 0.2) is 0 Å². The molecule has 0 amide bonds. The van der Waals surface area contributed by atoms with Crippen LogP contribution in [0.5, 0.6) is 0 Å². The normalized spacial score (nSPS) is 23.3. The number of rotatable bonds is 3. The molecule has 3 aliphatic rings. The number of H-pyrrole nitrogens is 2. The van der Waals surface area contributed by atoms with Gasteiger partial charge in [0, 0.05) is 18.0 Å². The Labute approximate surface area is 174 Å². The maximum absolute atomic E-state index is 13.3. The minimum atomic E-state index is -0.115. The van der Waals surface area contributed by atoms with E-state index in [-0.39, 0.29) is 5.56 Å². The lowest BCUT2D eigenvalue weighted by Gasteiger charge is -2.45. The Morgan fingerprint density at radius 2 is 1.83 bits per heavy atom. The maximum Gasteiger partial charge on any atom is 0.261 e. The van der Waals surface area contributed by atoms with Crippen LogP contribution in [0, 0.1) is 12.8 Å². The first kappa shape index (κ1) is 17.7. The van der Waals surface area contributed by atoms with Crippen LogP contribution in [-0.2, 0) is 0 Å². The number of imidazole rings is 1. The zero-order valence-corrected chi connectivity index (χ0v) is 17.0. The van der Waals surface area contributed by atoms with E-state index in [0.717, 1.165) is 39.7 Å². The number of pyridine rings is 1. The number of fused-ring (bicyclic) bond motifs is 5. The highest BCUT2D eigenvalue weighted by Crippen LogP contribution is 2.36. The molecule has 6 heteroatoms. The molecule has 3 N–H and O–H groups in total. The summed E-state index contributed by atoms with van der Waals surface area (Å²) in [4.78, 5) is 27.0. The number of piperidine rings is 3. The van der Waals surface area contributed by atoms with Crippen LogP contribution in [0.3, 0.4) is 0 Å². The van der Waals surface area contributed by atoms with Gasteiger partial charge in [0.25, 0.3) is 5.56 Å². The minimum absolute atomic E-state index is 0.115. The van der Waals surface area contributed by atoms with Crippen molar-refractivity contribution in [1.82, 2.24) is 19.9 Å². The first-order valence-electron chi connectivity index (χ1n) is 10.8. The molecule has 3 aliphatic heterocycles. The molecule has 0 radical (unpaired) electrons. The van der Waals surface area contributed by atoms with Gasteiger partial charge >= 0.3 is 0 Å². The monoisotopic (exact) mass is 399 g/mol. The first-order chi connectivity index (χ1) is 14.7. The van der Waals surface area contributed by atoms with Crippen molar-refractivity contribution in [2.45, 2.75) is 25.8 Å². The smallest absolute Gasteiger partial charge is 0.261 e. The summed E-state index contributed by atoms with van der Waals surface area (Å²) in [6.07, 6.45) is 2.44. The number of hydrogen-bond acceptors (Lipinski definition) is 4. The van der Waals surface area contributed by atoms with E-state index >= 15 is 0 Å². The lowest BCUT2D eigenvalue weighted by molar-refractivity contribution is 0.0976. The van der Waals surface area contributed by atoms with E-state index in [1.165, 1.54) is 25.9 Å². The van der Waals surface area contributed by atoms with Crippen molar-refractivity contribution in [2.75, 3.05) is 25.0 Å². The van der Waals surface area contributed by atoms with Crippen molar-refractivity contribution in [3.05, 3.63) is 58.4 Å². The third kappa shape index (κ3) is 2.75. The van der Waals surface area contributed by atoms with Crippen molar-refractivity contribution in [3.63, 3.8) is 0 Å². The number of nitrogens with one attached hydrogen (secondary N) is 3. The molecule has 5 heterocycles. The molecule has 2 aromatic heterocycles. The van der Waals surface area contributed by atoms with Crippen molar-refractivity contribution in [1.29, 1.82) is 0 Å². The standard InChI is InChI=1S/C24H25N5O/c1-14-5-4-8-18-20(14)22(25-19-13-29-11-9-15(19)10-12-29)21(24(30)28-18)23-26-16-6-2-3-7-17(16)27-23/h2-8,15,19H,9-13H2,1H3,(H,26,27)(H2,25,28,30)/t19-/m1/s1. The third-order valence-electron chi connectivity index (χ3n) is 6.86. The fourth-order valence-corrected chi connectivity index (χ4v) is 5.28. The van der Waals surface area contributed by atoms with Gasteiger partial charge in [-0.15, -0.1) is 0 Å². The number of nitrogens with zero attached hydrogens (tertiary/aromatic N) is 2. The number of aromatic nitrogens is 3. The van der Waals surface area contributed by atoms with Gasteiger partial charge in [-0.3, -0.25) is 4.79 Å². The highest BCUT2D eigenvalue weighted by atomic mass is 16.1. The van der Waals surface area contributed by atoms with E-state index < -0.39 is 0 Å². The molecule has 3 saturated heterocycles. The summed E-state index contributed by atoms with van der Waals surface area (Å²) >= 11 is 0.